The van der Waals surface area contributed by atoms with Crippen molar-refractivity contribution in [2.24, 2.45) is 23.5 Å². The molecule has 1 aliphatic rings. The van der Waals surface area contributed by atoms with Crippen LogP contribution in [0.25, 0.3) is 0 Å². The number of nitrogens with one attached hydrogen (secondary N) is 1. The molecule has 0 spiro atoms. The van der Waals surface area contributed by atoms with Gasteiger partial charge >= 0.3 is 0 Å². The third kappa shape index (κ3) is 5.61. The second kappa shape index (κ2) is 8.44. The van der Waals surface area contributed by atoms with E-state index in [1.807, 2.05) is 0 Å². The van der Waals surface area contributed by atoms with Gasteiger partial charge in [0, 0.05) is 12.6 Å². The Bertz CT molecular complexity index is 493. The first-order chi connectivity index (χ1) is 11.0. The quantitative estimate of drug-likeness (QED) is 0.810. The van der Waals surface area contributed by atoms with Gasteiger partial charge in [0.1, 0.15) is 5.82 Å². The molecule has 1 unspecified atom stereocenters. The number of rotatable bonds is 7. The molecule has 1 saturated carbocycles. The number of carbonyl (C=O) groups excluding carboxylic acids is 1. The van der Waals surface area contributed by atoms with Crippen LogP contribution in [0.1, 0.15) is 45.1 Å². The Morgan fingerprint density at radius 1 is 1.22 bits per heavy atom. The molecule has 2 rings (SSSR count). The zero-order valence-electron chi connectivity index (χ0n) is 14.2. The van der Waals surface area contributed by atoms with Crippen molar-refractivity contribution in [3.63, 3.8) is 0 Å². The monoisotopic (exact) mass is 320 g/mol. The first-order valence-electron chi connectivity index (χ1n) is 8.73. The molecule has 0 aliphatic heterocycles. The van der Waals surface area contributed by atoms with Crippen LogP contribution in [0.3, 0.4) is 0 Å². The van der Waals surface area contributed by atoms with E-state index in [4.69, 9.17) is 5.73 Å². The van der Waals surface area contributed by atoms with E-state index < -0.39 is 0 Å². The van der Waals surface area contributed by atoms with E-state index in [1.54, 1.807) is 12.1 Å². The number of hydrogen-bond acceptors (Lipinski definition) is 2. The SMILES string of the molecule is CC(C)C1CCC(NCC(Cc2ccc(F)cc2)C(N)=O)CC1. The molecular weight excluding hydrogens is 291 g/mol. The average molecular weight is 320 g/mol. The highest BCUT2D eigenvalue weighted by Crippen LogP contribution is 2.29. The van der Waals surface area contributed by atoms with E-state index in [1.165, 1.54) is 37.8 Å². The molecule has 1 amide bonds. The Morgan fingerprint density at radius 3 is 2.35 bits per heavy atom. The van der Waals surface area contributed by atoms with Gasteiger partial charge in [-0.1, -0.05) is 26.0 Å². The molecule has 0 heterocycles. The fourth-order valence-corrected chi connectivity index (χ4v) is 3.48. The molecule has 1 fully saturated rings. The maximum absolute atomic E-state index is 13.0. The van der Waals surface area contributed by atoms with Crippen LogP contribution >= 0.6 is 0 Å². The lowest BCUT2D eigenvalue weighted by Crippen LogP contribution is -2.41. The van der Waals surface area contributed by atoms with Crippen LogP contribution in [-0.2, 0) is 11.2 Å². The molecule has 4 heteroatoms. The minimum Gasteiger partial charge on any atom is -0.369 e. The number of primary amides is 1. The molecule has 3 nitrogen and oxygen atoms in total. The summed E-state index contributed by atoms with van der Waals surface area (Å²) in [4.78, 5) is 11.7. The first kappa shape index (κ1) is 17.9. The number of nitrogens with two attached hydrogens (primary N) is 1. The summed E-state index contributed by atoms with van der Waals surface area (Å²) < 4.78 is 13.0. The Balaban J connectivity index is 1.81. The highest BCUT2D eigenvalue weighted by Gasteiger charge is 2.24. The fourth-order valence-electron chi connectivity index (χ4n) is 3.48. The van der Waals surface area contributed by atoms with Crippen molar-refractivity contribution in [1.82, 2.24) is 5.32 Å². The Kier molecular flexibility index (Phi) is 6.58. The molecule has 23 heavy (non-hydrogen) atoms. The second-order valence-corrected chi connectivity index (χ2v) is 7.19. The van der Waals surface area contributed by atoms with Crippen molar-refractivity contribution < 1.29 is 9.18 Å². The van der Waals surface area contributed by atoms with Gasteiger partial charge in [0.25, 0.3) is 0 Å². The zero-order chi connectivity index (χ0) is 16.8. The van der Waals surface area contributed by atoms with Crippen LogP contribution in [-0.4, -0.2) is 18.5 Å². The van der Waals surface area contributed by atoms with E-state index in [2.05, 4.69) is 19.2 Å². The average Bonchev–Trinajstić information content (AvgIpc) is 2.53. The van der Waals surface area contributed by atoms with Gasteiger partial charge in [-0.25, -0.2) is 4.39 Å². The third-order valence-corrected chi connectivity index (χ3v) is 5.17. The predicted molar refractivity (Wildman–Crippen MR) is 91.4 cm³/mol. The normalized spacial score (nSPS) is 23.0. The van der Waals surface area contributed by atoms with Crippen molar-refractivity contribution >= 4 is 5.91 Å². The van der Waals surface area contributed by atoms with Gasteiger partial charge in [0.15, 0.2) is 0 Å². The molecule has 0 bridgehead atoms. The van der Waals surface area contributed by atoms with Crippen molar-refractivity contribution in [2.45, 2.75) is 52.0 Å². The highest BCUT2D eigenvalue weighted by atomic mass is 19.1. The van der Waals surface area contributed by atoms with Crippen LogP contribution in [0.15, 0.2) is 24.3 Å². The van der Waals surface area contributed by atoms with Crippen molar-refractivity contribution in [2.75, 3.05) is 6.54 Å². The molecule has 1 aliphatic carbocycles. The van der Waals surface area contributed by atoms with Gasteiger partial charge in [-0.15, -0.1) is 0 Å². The van der Waals surface area contributed by atoms with Gasteiger partial charge in [0.05, 0.1) is 5.92 Å². The largest absolute Gasteiger partial charge is 0.369 e. The number of hydrogen-bond donors (Lipinski definition) is 2. The number of benzene rings is 1. The van der Waals surface area contributed by atoms with Crippen LogP contribution in [0.4, 0.5) is 4.39 Å². The summed E-state index contributed by atoms with van der Waals surface area (Å²) in [6.07, 6.45) is 5.42. The lowest BCUT2D eigenvalue weighted by molar-refractivity contribution is -0.121. The second-order valence-electron chi connectivity index (χ2n) is 7.19. The summed E-state index contributed by atoms with van der Waals surface area (Å²) in [6, 6.07) is 6.78. The van der Waals surface area contributed by atoms with Gasteiger partial charge in [-0.05, 0) is 61.6 Å². The summed E-state index contributed by atoms with van der Waals surface area (Å²) in [6.45, 7) is 5.19. The fraction of sp³-hybridized carbons (Fsp3) is 0.632. The van der Waals surface area contributed by atoms with E-state index in [0.29, 0.717) is 19.0 Å². The highest BCUT2D eigenvalue weighted by molar-refractivity contribution is 5.77. The minimum absolute atomic E-state index is 0.247. The molecule has 0 saturated heterocycles. The maximum Gasteiger partial charge on any atom is 0.222 e. The van der Waals surface area contributed by atoms with Crippen LogP contribution in [0.2, 0.25) is 0 Å². The molecule has 0 radical (unpaired) electrons. The summed E-state index contributed by atoms with van der Waals surface area (Å²) >= 11 is 0. The molecule has 0 aromatic heterocycles. The molecular formula is C19H29FN2O. The molecule has 1 aromatic rings. The van der Waals surface area contributed by atoms with E-state index in [0.717, 1.165) is 17.4 Å². The van der Waals surface area contributed by atoms with E-state index in [-0.39, 0.29) is 17.6 Å². The number of carbonyl (C=O) groups is 1. The molecule has 3 N–H and O–H groups in total. The summed E-state index contributed by atoms with van der Waals surface area (Å²) in [5.41, 5.74) is 6.48. The van der Waals surface area contributed by atoms with Crippen molar-refractivity contribution in [1.29, 1.82) is 0 Å². The van der Waals surface area contributed by atoms with Gasteiger partial charge in [-0.3, -0.25) is 4.79 Å². The standard InChI is InChI=1S/C19H29FN2O/c1-13(2)15-5-9-18(10-6-15)22-12-16(19(21)23)11-14-3-7-17(20)8-4-14/h3-4,7-8,13,15-16,18,22H,5-6,9-12H2,1-2H3,(H2,21,23). The van der Waals surface area contributed by atoms with Gasteiger partial charge in [0.2, 0.25) is 5.91 Å². The summed E-state index contributed by atoms with van der Waals surface area (Å²) in [7, 11) is 0. The topological polar surface area (TPSA) is 55.1 Å². The van der Waals surface area contributed by atoms with Crippen molar-refractivity contribution in [3.05, 3.63) is 35.6 Å². The molecule has 1 aromatic carbocycles. The molecule has 1 atom stereocenters. The zero-order valence-corrected chi connectivity index (χ0v) is 14.2. The number of amides is 1. The van der Waals surface area contributed by atoms with Gasteiger partial charge in [-0.2, -0.15) is 0 Å². The minimum atomic E-state index is -0.294. The Labute approximate surface area is 138 Å². The molecule has 128 valence electrons. The summed E-state index contributed by atoms with van der Waals surface area (Å²) in [5, 5.41) is 3.52. The Hall–Kier alpha value is -1.42. The van der Waals surface area contributed by atoms with Crippen LogP contribution in [0, 0.1) is 23.6 Å². The smallest absolute Gasteiger partial charge is 0.222 e. The Morgan fingerprint density at radius 2 is 1.83 bits per heavy atom. The van der Waals surface area contributed by atoms with Crippen LogP contribution < -0.4 is 11.1 Å². The lowest BCUT2D eigenvalue weighted by atomic mass is 9.79. The third-order valence-electron chi connectivity index (χ3n) is 5.17. The predicted octanol–water partition coefficient (Wildman–Crippen LogP) is 3.27. The maximum atomic E-state index is 13.0. The van der Waals surface area contributed by atoms with Crippen molar-refractivity contribution in [3.8, 4) is 0 Å². The van der Waals surface area contributed by atoms with Gasteiger partial charge < -0.3 is 11.1 Å². The lowest BCUT2D eigenvalue weighted by Gasteiger charge is -2.32. The number of halogens is 1. The first-order valence-corrected chi connectivity index (χ1v) is 8.73. The summed E-state index contributed by atoms with van der Waals surface area (Å²) in [5.74, 6) is 0.789. The van der Waals surface area contributed by atoms with Crippen LogP contribution in [0.5, 0.6) is 0 Å². The van der Waals surface area contributed by atoms with E-state index in [9.17, 15) is 9.18 Å². The van der Waals surface area contributed by atoms with E-state index >= 15 is 0 Å².